The Morgan fingerprint density at radius 2 is 1.81 bits per heavy atom. The van der Waals surface area contributed by atoms with E-state index in [-0.39, 0.29) is 5.02 Å². The first-order valence-electron chi connectivity index (χ1n) is 6.60. The second kappa shape index (κ2) is 5.62. The molecular formula is C17H14ClFN2. The summed E-state index contributed by atoms with van der Waals surface area (Å²) in [5, 5.41) is 5.54. The summed E-state index contributed by atoms with van der Waals surface area (Å²) in [6.07, 6.45) is 0. The van der Waals surface area contributed by atoms with Crippen LogP contribution in [0.25, 0.3) is 10.8 Å². The van der Waals surface area contributed by atoms with Crippen LogP contribution in [-0.4, -0.2) is 0 Å². The van der Waals surface area contributed by atoms with Gasteiger partial charge in [-0.15, -0.1) is 0 Å². The highest BCUT2D eigenvalue weighted by Crippen LogP contribution is 2.27. The van der Waals surface area contributed by atoms with E-state index in [0.717, 1.165) is 5.56 Å². The molecule has 0 atom stereocenters. The number of nitrogen functional groups attached to an aromatic ring is 1. The number of fused-ring (bicyclic) bond motifs is 1. The maximum Gasteiger partial charge on any atom is 0.143 e. The van der Waals surface area contributed by atoms with Crippen molar-refractivity contribution in [1.82, 2.24) is 0 Å². The Balaban J connectivity index is 1.89. The minimum absolute atomic E-state index is 0.0308. The van der Waals surface area contributed by atoms with Gasteiger partial charge in [0.05, 0.1) is 16.4 Å². The molecule has 21 heavy (non-hydrogen) atoms. The van der Waals surface area contributed by atoms with Gasteiger partial charge in [-0.2, -0.15) is 0 Å². The molecule has 0 aliphatic rings. The van der Waals surface area contributed by atoms with Gasteiger partial charge in [0.1, 0.15) is 5.82 Å². The quantitative estimate of drug-likeness (QED) is 0.680. The van der Waals surface area contributed by atoms with E-state index >= 15 is 0 Å². The molecule has 0 saturated carbocycles. The third kappa shape index (κ3) is 2.78. The SMILES string of the molecule is Nc1cc(Cl)c(F)cc1NCc1cccc2ccccc12. The maximum absolute atomic E-state index is 13.5. The van der Waals surface area contributed by atoms with E-state index in [1.807, 2.05) is 24.3 Å². The highest BCUT2D eigenvalue weighted by molar-refractivity contribution is 6.31. The predicted molar refractivity (Wildman–Crippen MR) is 87.1 cm³/mol. The molecule has 3 aromatic rings. The van der Waals surface area contributed by atoms with Crippen molar-refractivity contribution in [3.63, 3.8) is 0 Å². The fourth-order valence-electron chi connectivity index (χ4n) is 2.35. The first kappa shape index (κ1) is 13.7. The van der Waals surface area contributed by atoms with E-state index < -0.39 is 5.82 Å². The van der Waals surface area contributed by atoms with Crippen molar-refractivity contribution in [1.29, 1.82) is 0 Å². The van der Waals surface area contributed by atoms with Crippen molar-refractivity contribution >= 4 is 33.7 Å². The summed E-state index contributed by atoms with van der Waals surface area (Å²) in [7, 11) is 0. The second-order valence-electron chi connectivity index (χ2n) is 4.85. The molecule has 106 valence electrons. The Morgan fingerprint density at radius 3 is 2.67 bits per heavy atom. The molecular weight excluding hydrogens is 287 g/mol. The molecule has 0 radical (unpaired) electrons. The number of anilines is 2. The fraction of sp³-hybridized carbons (Fsp3) is 0.0588. The van der Waals surface area contributed by atoms with Gasteiger partial charge >= 0.3 is 0 Å². The molecule has 0 saturated heterocycles. The lowest BCUT2D eigenvalue weighted by Gasteiger charge is -2.12. The van der Waals surface area contributed by atoms with Crippen molar-refractivity contribution in [3.05, 3.63) is 71.0 Å². The summed E-state index contributed by atoms with van der Waals surface area (Å²) in [4.78, 5) is 0. The molecule has 0 spiro atoms. The smallest absolute Gasteiger partial charge is 0.143 e. The Labute approximate surface area is 127 Å². The van der Waals surface area contributed by atoms with Crippen LogP contribution in [0.2, 0.25) is 5.02 Å². The normalized spacial score (nSPS) is 10.8. The van der Waals surface area contributed by atoms with Gasteiger partial charge in [-0.05, 0) is 22.4 Å². The molecule has 0 aliphatic heterocycles. The minimum atomic E-state index is -0.480. The standard InChI is InChI=1S/C17H14ClFN2/c18-14-8-16(20)17(9-15(14)19)21-10-12-6-3-5-11-4-1-2-7-13(11)12/h1-9,21H,10,20H2. The summed E-state index contributed by atoms with van der Waals surface area (Å²) in [5.74, 6) is -0.480. The first-order chi connectivity index (χ1) is 10.1. The van der Waals surface area contributed by atoms with E-state index in [2.05, 4.69) is 23.5 Å². The Kier molecular flexibility index (Phi) is 3.67. The summed E-state index contributed by atoms with van der Waals surface area (Å²) in [6, 6.07) is 17.0. The minimum Gasteiger partial charge on any atom is -0.397 e. The molecule has 3 aromatic carbocycles. The van der Waals surface area contributed by atoms with Crippen LogP contribution >= 0.6 is 11.6 Å². The molecule has 0 aliphatic carbocycles. The molecule has 3 N–H and O–H groups in total. The number of nitrogens with one attached hydrogen (secondary N) is 1. The van der Waals surface area contributed by atoms with E-state index in [1.165, 1.54) is 22.9 Å². The molecule has 0 bridgehead atoms. The molecule has 0 amide bonds. The summed E-state index contributed by atoms with van der Waals surface area (Å²) < 4.78 is 13.5. The summed E-state index contributed by atoms with van der Waals surface area (Å²) >= 11 is 5.70. The van der Waals surface area contributed by atoms with E-state index in [1.54, 1.807) is 0 Å². The lowest BCUT2D eigenvalue weighted by atomic mass is 10.0. The van der Waals surface area contributed by atoms with E-state index in [4.69, 9.17) is 17.3 Å². The van der Waals surface area contributed by atoms with Crippen molar-refractivity contribution in [2.45, 2.75) is 6.54 Å². The Bertz CT molecular complexity index is 797. The highest BCUT2D eigenvalue weighted by atomic mass is 35.5. The van der Waals surface area contributed by atoms with Gasteiger partial charge in [0, 0.05) is 12.6 Å². The van der Waals surface area contributed by atoms with Gasteiger partial charge in [0.15, 0.2) is 0 Å². The van der Waals surface area contributed by atoms with Crippen LogP contribution < -0.4 is 11.1 Å². The largest absolute Gasteiger partial charge is 0.397 e. The fourth-order valence-corrected chi connectivity index (χ4v) is 2.52. The van der Waals surface area contributed by atoms with Gasteiger partial charge < -0.3 is 11.1 Å². The zero-order valence-electron chi connectivity index (χ0n) is 11.2. The molecule has 2 nitrogen and oxygen atoms in total. The van der Waals surface area contributed by atoms with Gasteiger partial charge in [0.2, 0.25) is 0 Å². The van der Waals surface area contributed by atoms with Crippen molar-refractivity contribution in [2.24, 2.45) is 0 Å². The zero-order valence-corrected chi connectivity index (χ0v) is 12.0. The Morgan fingerprint density at radius 1 is 1.05 bits per heavy atom. The van der Waals surface area contributed by atoms with Gasteiger partial charge in [-0.3, -0.25) is 0 Å². The predicted octanol–water partition coefficient (Wildman–Crippen LogP) is 4.83. The number of hydrogen-bond acceptors (Lipinski definition) is 2. The first-order valence-corrected chi connectivity index (χ1v) is 6.98. The van der Waals surface area contributed by atoms with Crippen LogP contribution in [0, 0.1) is 5.82 Å². The average Bonchev–Trinajstić information content (AvgIpc) is 2.49. The van der Waals surface area contributed by atoms with Crippen molar-refractivity contribution < 1.29 is 4.39 Å². The van der Waals surface area contributed by atoms with Gasteiger partial charge in [-0.1, -0.05) is 54.1 Å². The maximum atomic E-state index is 13.5. The van der Waals surface area contributed by atoms with Crippen LogP contribution in [0.5, 0.6) is 0 Å². The zero-order chi connectivity index (χ0) is 14.8. The van der Waals surface area contributed by atoms with E-state index in [9.17, 15) is 4.39 Å². The average molecular weight is 301 g/mol. The number of rotatable bonds is 3. The van der Waals surface area contributed by atoms with Crippen LogP contribution in [-0.2, 0) is 6.54 Å². The van der Waals surface area contributed by atoms with Gasteiger partial charge in [-0.25, -0.2) is 4.39 Å². The lowest BCUT2D eigenvalue weighted by molar-refractivity contribution is 0.629. The molecule has 0 heterocycles. The molecule has 0 aromatic heterocycles. The van der Waals surface area contributed by atoms with Crippen molar-refractivity contribution in [2.75, 3.05) is 11.1 Å². The van der Waals surface area contributed by atoms with Crippen LogP contribution in [0.15, 0.2) is 54.6 Å². The van der Waals surface area contributed by atoms with Crippen molar-refractivity contribution in [3.8, 4) is 0 Å². The topological polar surface area (TPSA) is 38.0 Å². The van der Waals surface area contributed by atoms with E-state index in [0.29, 0.717) is 17.9 Å². The van der Waals surface area contributed by atoms with Crippen LogP contribution in [0.1, 0.15) is 5.56 Å². The number of hydrogen-bond donors (Lipinski definition) is 2. The van der Waals surface area contributed by atoms with Crippen LogP contribution in [0.4, 0.5) is 15.8 Å². The number of nitrogens with two attached hydrogens (primary N) is 1. The second-order valence-corrected chi connectivity index (χ2v) is 5.25. The summed E-state index contributed by atoms with van der Waals surface area (Å²) in [6.45, 7) is 0.562. The van der Waals surface area contributed by atoms with Crippen LogP contribution in [0.3, 0.4) is 0 Å². The number of benzene rings is 3. The molecule has 0 unspecified atom stereocenters. The number of halogens is 2. The third-order valence-electron chi connectivity index (χ3n) is 3.44. The van der Waals surface area contributed by atoms with Gasteiger partial charge in [0.25, 0.3) is 0 Å². The lowest BCUT2D eigenvalue weighted by Crippen LogP contribution is -2.03. The molecule has 0 fully saturated rings. The Hall–Kier alpha value is -2.26. The summed E-state index contributed by atoms with van der Waals surface area (Å²) in [5.41, 5.74) is 7.96. The molecule has 3 rings (SSSR count). The third-order valence-corrected chi connectivity index (χ3v) is 3.73. The highest BCUT2D eigenvalue weighted by Gasteiger charge is 2.07. The monoisotopic (exact) mass is 300 g/mol. The molecule has 4 heteroatoms.